The van der Waals surface area contributed by atoms with Gasteiger partial charge in [0, 0.05) is 43.8 Å². The largest absolute Gasteiger partial charge is 0.348 e. The van der Waals surface area contributed by atoms with Crippen LogP contribution in [0.2, 0.25) is 0 Å². The van der Waals surface area contributed by atoms with E-state index in [1.54, 1.807) is 6.33 Å². The number of carbonyl (C=O) groups excluding carboxylic acids is 1. The molecule has 0 saturated carbocycles. The number of aryl methyl sites for hydroxylation is 1. The highest BCUT2D eigenvalue weighted by molar-refractivity contribution is 5.79. The second-order valence-corrected chi connectivity index (χ2v) is 6.85. The molecule has 0 radical (unpaired) electrons. The summed E-state index contributed by atoms with van der Waals surface area (Å²) in [5.74, 6) is 0.780. The smallest absolute Gasteiger partial charge is 0.228 e. The Labute approximate surface area is 125 Å². The lowest BCUT2D eigenvalue weighted by Crippen LogP contribution is -2.42. The van der Waals surface area contributed by atoms with Crippen LogP contribution in [0.25, 0.3) is 0 Å². The Kier molecular flexibility index (Phi) is 3.75. The maximum absolute atomic E-state index is 12.6. The number of hydrogen-bond donors (Lipinski definition) is 2. The molecule has 0 spiro atoms. The minimum absolute atomic E-state index is 0.206. The van der Waals surface area contributed by atoms with Crippen molar-refractivity contribution < 1.29 is 4.79 Å². The lowest BCUT2D eigenvalue weighted by atomic mass is 9.80. The summed E-state index contributed by atoms with van der Waals surface area (Å²) in [5, 5.41) is 3.50. The summed E-state index contributed by atoms with van der Waals surface area (Å²) in [6, 6.07) is 0. The first-order valence-corrected chi connectivity index (χ1v) is 7.62. The van der Waals surface area contributed by atoms with Crippen LogP contribution in [0.15, 0.2) is 6.33 Å². The third kappa shape index (κ3) is 2.70. The molecule has 21 heavy (non-hydrogen) atoms. The number of amides is 1. The van der Waals surface area contributed by atoms with Gasteiger partial charge in [-0.05, 0) is 26.9 Å². The van der Waals surface area contributed by atoms with Crippen molar-refractivity contribution in [2.75, 3.05) is 46.8 Å². The molecule has 0 bridgehead atoms. The van der Waals surface area contributed by atoms with Crippen LogP contribution in [-0.4, -0.2) is 72.5 Å². The second kappa shape index (κ2) is 5.42. The van der Waals surface area contributed by atoms with Crippen LogP contribution in [0, 0.1) is 18.3 Å². The Morgan fingerprint density at radius 2 is 2.38 bits per heavy atom. The first-order chi connectivity index (χ1) is 10.00. The van der Waals surface area contributed by atoms with Crippen LogP contribution in [-0.2, 0) is 11.2 Å². The standard InChI is InChI=1S/C15H25N5O/c1-11-13(18-10-17-11)4-14(21)20-6-12-5-16-7-15(12,9-20)8-19(2)3/h10,12,16H,4-9H2,1-3H3,(H,17,18). The molecule has 2 aliphatic rings. The van der Waals surface area contributed by atoms with E-state index in [2.05, 4.69) is 34.3 Å². The van der Waals surface area contributed by atoms with Gasteiger partial charge >= 0.3 is 0 Å². The van der Waals surface area contributed by atoms with Crippen molar-refractivity contribution >= 4 is 5.91 Å². The predicted molar refractivity (Wildman–Crippen MR) is 81.0 cm³/mol. The van der Waals surface area contributed by atoms with Gasteiger partial charge in [-0.1, -0.05) is 0 Å². The van der Waals surface area contributed by atoms with Gasteiger partial charge < -0.3 is 20.1 Å². The normalized spacial score (nSPS) is 28.4. The molecule has 6 heteroatoms. The Hall–Kier alpha value is -1.40. The second-order valence-electron chi connectivity index (χ2n) is 6.85. The third-order valence-corrected chi connectivity index (χ3v) is 4.92. The molecular formula is C15H25N5O. The fourth-order valence-electron chi connectivity index (χ4n) is 3.89. The summed E-state index contributed by atoms with van der Waals surface area (Å²) in [5.41, 5.74) is 2.09. The van der Waals surface area contributed by atoms with E-state index in [-0.39, 0.29) is 11.3 Å². The van der Waals surface area contributed by atoms with E-state index in [1.807, 2.05) is 11.8 Å². The molecule has 2 saturated heterocycles. The van der Waals surface area contributed by atoms with Gasteiger partial charge in [0.2, 0.25) is 5.91 Å². The van der Waals surface area contributed by atoms with E-state index >= 15 is 0 Å². The Morgan fingerprint density at radius 3 is 3.05 bits per heavy atom. The number of imidazole rings is 1. The van der Waals surface area contributed by atoms with Gasteiger partial charge in [-0.15, -0.1) is 0 Å². The Morgan fingerprint density at radius 1 is 1.57 bits per heavy atom. The van der Waals surface area contributed by atoms with E-state index < -0.39 is 0 Å². The van der Waals surface area contributed by atoms with E-state index in [0.29, 0.717) is 12.3 Å². The monoisotopic (exact) mass is 291 g/mol. The molecule has 2 unspecified atom stereocenters. The van der Waals surface area contributed by atoms with Crippen LogP contribution < -0.4 is 5.32 Å². The van der Waals surface area contributed by atoms with Gasteiger partial charge in [0.25, 0.3) is 0 Å². The minimum Gasteiger partial charge on any atom is -0.348 e. The minimum atomic E-state index is 0.206. The molecule has 3 heterocycles. The maximum Gasteiger partial charge on any atom is 0.228 e. The van der Waals surface area contributed by atoms with E-state index in [9.17, 15) is 4.79 Å². The fourth-order valence-corrected chi connectivity index (χ4v) is 3.89. The van der Waals surface area contributed by atoms with E-state index in [1.165, 1.54) is 0 Å². The number of fused-ring (bicyclic) bond motifs is 1. The quantitative estimate of drug-likeness (QED) is 0.811. The zero-order valence-corrected chi connectivity index (χ0v) is 13.1. The molecule has 116 valence electrons. The molecule has 1 amide bonds. The Bertz CT molecular complexity index is 526. The van der Waals surface area contributed by atoms with Crippen molar-refractivity contribution in [1.82, 2.24) is 25.1 Å². The fraction of sp³-hybridized carbons (Fsp3) is 0.733. The summed E-state index contributed by atoms with van der Waals surface area (Å²) >= 11 is 0. The van der Waals surface area contributed by atoms with Gasteiger partial charge in [-0.25, -0.2) is 4.98 Å². The van der Waals surface area contributed by atoms with Gasteiger partial charge in [0.05, 0.1) is 18.4 Å². The number of nitrogens with one attached hydrogen (secondary N) is 2. The van der Waals surface area contributed by atoms with E-state index in [0.717, 1.165) is 44.1 Å². The predicted octanol–water partition coefficient (Wildman–Crippen LogP) is -0.130. The van der Waals surface area contributed by atoms with Crippen molar-refractivity contribution in [3.05, 3.63) is 17.7 Å². The lowest BCUT2D eigenvalue weighted by molar-refractivity contribution is -0.130. The van der Waals surface area contributed by atoms with Crippen LogP contribution in [0.4, 0.5) is 0 Å². The zero-order valence-electron chi connectivity index (χ0n) is 13.1. The molecule has 1 aromatic rings. The molecule has 1 aromatic heterocycles. The van der Waals surface area contributed by atoms with Crippen molar-refractivity contribution in [2.24, 2.45) is 11.3 Å². The summed E-state index contributed by atoms with van der Waals surface area (Å²) < 4.78 is 0. The summed E-state index contributed by atoms with van der Waals surface area (Å²) in [7, 11) is 4.23. The molecular weight excluding hydrogens is 266 g/mol. The molecule has 2 N–H and O–H groups in total. The SMILES string of the molecule is Cc1[nH]cnc1CC(=O)N1CC2CNCC2(CN(C)C)C1. The van der Waals surface area contributed by atoms with Gasteiger partial charge in [-0.2, -0.15) is 0 Å². The van der Waals surface area contributed by atoms with Gasteiger partial charge in [-0.3, -0.25) is 4.79 Å². The third-order valence-electron chi connectivity index (χ3n) is 4.92. The molecule has 2 fully saturated rings. The summed E-state index contributed by atoms with van der Waals surface area (Å²) in [6.07, 6.45) is 2.07. The van der Waals surface area contributed by atoms with Crippen LogP contribution in [0.1, 0.15) is 11.4 Å². The number of nitrogens with zero attached hydrogens (tertiary/aromatic N) is 3. The number of rotatable bonds is 4. The number of hydrogen-bond acceptors (Lipinski definition) is 4. The van der Waals surface area contributed by atoms with Gasteiger partial charge in [0.1, 0.15) is 0 Å². The molecule has 6 nitrogen and oxygen atoms in total. The van der Waals surface area contributed by atoms with Crippen LogP contribution >= 0.6 is 0 Å². The highest BCUT2D eigenvalue weighted by Crippen LogP contribution is 2.39. The van der Waals surface area contributed by atoms with Crippen molar-refractivity contribution in [3.63, 3.8) is 0 Å². The maximum atomic E-state index is 12.6. The number of H-pyrrole nitrogens is 1. The van der Waals surface area contributed by atoms with Crippen molar-refractivity contribution in [2.45, 2.75) is 13.3 Å². The van der Waals surface area contributed by atoms with Crippen LogP contribution in [0.5, 0.6) is 0 Å². The average Bonchev–Trinajstić information content (AvgIpc) is 3.03. The number of aromatic amines is 1. The number of carbonyl (C=O) groups is 1. The summed E-state index contributed by atoms with van der Waals surface area (Å²) in [4.78, 5) is 24.1. The number of likely N-dealkylation sites (tertiary alicyclic amines) is 1. The summed E-state index contributed by atoms with van der Waals surface area (Å²) in [6.45, 7) is 6.79. The molecule has 2 aliphatic heterocycles. The van der Waals surface area contributed by atoms with Crippen molar-refractivity contribution in [3.8, 4) is 0 Å². The van der Waals surface area contributed by atoms with Crippen LogP contribution in [0.3, 0.4) is 0 Å². The number of aromatic nitrogens is 2. The topological polar surface area (TPSA) is 64.3 Å². The zero-order chi connectivity index (χ0) is 15.0. The average molecular weight is 291 g/mol. The molecule has 0 aliphatic carbocycles. The first kappa shape index (κ1) is 14.5. The van der Waals surface area contributed by atoms with Gasteiger partial charge in [0.15, 0.2) is 0 Å². The molecule has 2 atom stereocenters. The lowest BCUT2D eigenvalue weighted by Gasteiger charge is -2.31. The first-order valence-electron chi connectivity index (χ1n) is 7.62. The highest BCUT2D eigenvalue weighted by Gasteiger charge is 2.50. The van der Waals surface area contributed by atoms with E-state index in [4.69, 9.17) is 0 Å². The molecule has 0 aromatic carbocycles. The molecule has 3 rings (SSSR count). The highest BCUT2D eigenvalue weighted by atomic mass is 16.2. The van der Waals surface area contributed by atoms with Crippen molar-refractivity contribution in [1.29, 1.82) is 0 Å². The Balaban J connectivity index is 1.68.